The molecule has 0 bridgehead atoms. The molecule has 1 aliphatic rings. The van der Waals surface area contributed by atoms with Gasteiger partial charge in [0, 0.05) is 30.3 Å². The van der Waals surface area contributed by atoms with Crippen molar-refractivity contribution in [3.05, 3.63) is 42.1 Å². The second-order valence-electron chi connectivity index (χ2n) is 6.12. The Bertz CT molecular complexity index is 645. The first-order valence-electron chi connectivity index (χ1n) is 8.58. The average molecular weight is 312 g/mol. The van der Waals surface area contributed by atoms with Crippen molar-refractivity contribution in [2.75, 3.05) is 13.2 Å². The van der Waals surface area contributed by atoms with E-state index < -0.39 is 0 Å². The van der Waals surface area contributed by atoms with Gasteiger partial charge in [-0.05, 0) is 37.5 Å². The van der Waals surface area contributed by atoms with Crippen LogP contribution in [-0.2, 0) is 4.74 Å². The Morgan fingerprint density at radius 3 is 2.91 bits per heavy atom. The number of amides is 1. The van der Waals surface area contributed by atoms with Crippen molar-refractivity contribution in [2.24, 2.45) is 0 Å². The fraction of sp³-hybridized carbons (Fsp3) is 0.474. The van der Waals surface area contributed by atoms with Crippen LogP contribution in [0, 0.1) is 0 Å². The standard InChI is InChI=1S/C19H24N2O2/c22-19(17-9-4-11-18-16(17)10-5-12-20-18)21-13-6-14-23-15-7-2-1-3-8-15/h4-5,9-12,15H,1-3,6-8,13-14H2,(H,21,22). The number of pyridine rings is 1. The smallest absolute Gasteiger partial charge is 0.251 e. The van der Waals surface area contributed by atoms with Crippen molar-refractivity contribution >= 4 is 16.8 Å². The molecule has 0 spiro atoms. The summed E-state index contributed by atoms with van der Waals surface area (Å²) in [7, 11) is 0. The summed E-state index contributed by atoms with van der Waals surface area (Å²) in [4.78, 5) is 16.6. The van der Waals surface area contributed by atoms with Gasteiger partial charge in [0.15, 0.2) is 0 Å². The number of aromatic nitrogens is 1. The molecule has 1 aromatic carbocycles. The quantitative estimate of drug-likeness (QED) is 0.827. The number of ether oxygens (including phenoxy) is 1. The zero-order valence-electron chi connectivity index (χ0n) is 13.5. The number of carbonyl (C=O) groups is 1. The predicted octanol–water partition coefficient (Wildman–Crippen LogP) is 3.70. The lowest BCUT2D eigenvalue weighted by Gasteiger charge is -2.21. The first kappa shape index (κ1) is 15.9. The molecule has 0 saturated heterocycles. The topological polar surface area (TPSA) is 51.2 Å². The molecule has 1 aromatic heterocycles. The molecule has 23 heavy (non-hydrogen) atoms. The van der Waals surface area contributed by atoms with Gasteiger partial charge in [0.2, 0.25) is 0 Å². The van der Waals surface area contributed by atoms with Crippen molar-refractivity contribution < 1.29 is 9.53 Å². The van der Waals surface area contributed by atoms with Crippen LogP contribution in [0.15, 0.2) is 36.5 Å². The fourth-order valence-corrected chi connectivity index (χ4v) is 3.15. The van der Waals surface area contributed by atoms with Crippen LogP contribution in [0.3, 0.4) is 0 Å². The van der Waals surface area contributed by atoms with E-state index in [1.165, 1.54) is 32.1 Å². The lowest BCUT2D eigenvalue weighted by Crippen LogP contribution is -2.26. The minimum Gasteiger partial charge on any atom is -0.378 e. The second kappa shape index (κ2) is 8.06. The monoisotopic (exact) mass is 312 g/mol. The van der Waals surface area contributed by atoms with Crippen molar-refractivity contribution in [1.82, 2.24) is 10.3 Å². The van der Waals surface area contributed by atoms with Gasteiger partial charge in [-0.3, -0.25) is 9.78 Å². The molecule has 1 amide bonds. The molecule has 0 unspecified atom stereocenters. The molecular weight excluding hydrogens is 288 g/mol. The number of carbonyl (C=O) groups excluding carboxylic acids is 1. The highest BCUT2D eigenvalue weighted by atomic mass is 16.5. The Labute approximate surface area is 137 Å². The van der Waals surface area contributed by atoms with Gasteiger partial charge in [0.1, 0.15) is 0 Å². The van der Waals surface area contributed by atoms with Gasteiger partial charge >= 0.3 is 0 Å². The zero-order valence-corrected chi connectivity index (χ0v) is 13.5. The molecule has 0 aliphatic heterocycles. The molecule has 2 aromatic rings. The van der Waals surface area contributed by atoms with Crippen LogP contribution in [0.25, 0.3) is 10.9 Å². The molecule has 1 N–H and O–H groups in total. The molecule has 1 heterocycles. The maximum atomic E-state index is 12.3. The van der Waals surface area contributed by atoms with Gasteiger partial charge in [-0.15, -0.1) is 0 Å². The van der Waals surface area contributed by atoms with Gasteiger partial charge in [-0.25, -0.2) is 0 Å². The number of rotatable bonds is 6. The SMILES string of the molecule is O=C(NCCCOC1CCCCC1)c1cccc2ncccc12. The maximum Gasteiger partial charge on any atom is 0.251 e. The predicted molar refractivity (Wildman–Crippen MR) is 91.5 cm³/mol. The summed E-state index contributed by atoms with van der Waals surface area (Å²) < 4.78 is 5.88. The third-order valence-corrected chi connectivity index (χ3v) is 4.40. The van der Waals surface area contributed by atoms with Crippen LogP contribution in [-0.4, -0.2) is 30.1 Å². The number of hydrogen-bond donors (Lipinski definition) is 1. The lowest BCUT2D eigenvalue weighted by atomic mass is 9.98. The van der Waals surface area contributed by atoms with E-state index >= 15 is 0 Å². The minimum absolute atomic E-state index is 0.0405. The largest absolute Gasteiger partial charge is 0.378 e. The van der Waals surface area contributed by atoms with Crippen LogP contribution in [0.1, 0.15) is 48.9 Å². The number of nitrogens with zero attached hydrogens (tertiary/aromatic N) is 1. The Morgan fingerprint density at radius 1 is 1.17 bits per heavy atom. The number of fused-ring (bicyclic) bond motifs is 1. The van der Waals surface area contributed by atoms with Gasteiger partial charge < -0.3 is 10.1 Å². The van der Waals surface area contributed by atoms with E-state index in [1.807, 2.05) is 30.3 Å². The van der Waals surface area contributed by atoms with E-state index in [-0.39, 0.29) is 5.91 Å². The average Bonchev–Trinajstić information content (AvgIpc) is 2.61. The number of nitrogens with one attached hydrogen (secondary N) is 1. The third-order valence-electron chi connectivity index (χ3n) is 4.40. The summed E-state index contributed by atoms with van der Waals surface area (Å²) in [6.07, 6.45) is 9.33. The van der Waals surface area contributed by atoms with Gasteiger partial charge in [0.05, 0.1) is 11.6 Å². The number of benzene rings is 1. The van der Waals surface area contributed by atoms with Crippen LogP contribution in [0.5, 0.6) is 0 Å². The van der Waals surface area contributed by atoms with E-state index in [4.69, 9.17) is 4.74 Å². The molecule has 1 saturated carbocycles. The maximum absolute atomic E-state index is 12.3. The first-order chi connectivity index (χ1) is 11.3. The summed E-state index contributed by atoms with van der Waals surface area (Å²) in [6.45, 7) is 1.37. The van der Waals surface area contributed by atoms with E-state index in [0.29, 0.717) is 18.2 Å². The van der Waals surface area contributed by atoms with Crippen molar-refractivity contribution in [3.63, 3.8) is 0 Å². The summed E-state index contributed by atoms with van der Waals surface area (Å²) in [5.41, 5.74) is 1.53. The highest BCUT2D eigenvalue weighted by Gasteiger charge is 2.13. The minimum atomic E-state index is -0.0405. The highest BCUT2D eigenvalue weighted by molar-refractivity contribution is 6.06. The van der Waals surface area contributed by atoms with Gasteiger partial charge in [0.25, 0.3) is 5.91 Å². The van der Waals surface area contributed by atoms with Crippen LogP contribution in [0.2, 0.25) is 0 Å². The van der Waals surface area contributed by atoms with Crippen LogP contribution < -0.4 is 5.32 Å². The van der Waals surface area contributed by atoms with Crippen LogP contribution >= 0.6 is 0 Å². The van der Waals surface area contributed by atoms with E-state index in [9.17, 15) is 4.79 Å². The van der Waals surface area contributed by atoms with Crippen molar-refractivity contribution in [3.8, 4) is 0 Å². The molecule has 4 nitrogen and oxygen atoms in total. The summed E-state index contributed by atoms with van der Waals surface area (Å²) in [6, 6.07) is 9.43. The summed E-state index contributed by atoms with van der Waals surface area (Å²) in [5, 5.41) is 3.88. The number of hydrogen-bond acceptors (Lipinski definition) is 3. The third kappa shape index (κ3) is 4.29. The van der Waals surface area contributed by atoms with Crippen molar-refractivity contribution in [1.29, 1.82) is 0 Å². The normalized spacial score (nSPS) is 15.7. The molecule has 0 radical (unpaired) electrons. The molecule has 4 heteroatoms. The summed E-state index contributed by atoms with van der Waals surface area (Å²) >= 11 is 0. The van der Waals surface area contributed by atoms with E-state index in [1.54, 1.807) is 6.20 Å². The first-order valence-corrected chi connectivity index (χ1v) is 8.58. The highest BCUT2D eigenvalue weighted by Crippen LogP contribution is 2.20. The Kier molecular flexibility index (Phi) is 5.59. The Morgan fingerprint density at radius 2 is 2.04 bits per heavy atom. The van der Waals surface area contributed by atoms with Gasteiger partial charge in [-0.1, -0.05) is 31.4 Å². The lowest BCUT2D eigenvalue weighted by molar-refractivity contribution is 0.0273. The second-order valence-corrected chi connectivity index (χ2v) is 6.12. The van der Waals surface area contributed by atoms with E-state index in [2.05, 4.69) is 10.3 Å². The zero-order chi connectivity index (χ0) is 15.9. The fourth-order valence-electron chi connectivity index (χ4n) is 3.15. The Balaban J connectivity index is 1.45. The Hall–Kier alpha value is -1.94. The van der Waals surface area contributed by atoms with Gasteiger partial charge in [-0.2, -0.15) is 0 Å². The molecule has 122 valence electrons. The van der Waals surface area contributed by atoms with E-state index in [0.717, 1.165) is 23.9 Å². The molecular formula is C19H24N2O2. The van der Waals surface area contributed by atoms with Crippen LogP contribution in [0.4, 0.5) is 0 Å². The molecule has 0 atom stereocenters. The van der Waals surface area contributed by atoms with Crippen molar-refractivity contribution in [2.45, 2.75) is 44.6 Å². The summed E-state index contributed by atoms with van der Waals surface area (Å²) in [5.74, 6) is -0.0405. The molecule has 3 rings (SSSR count). The molecule has 1 fully saturated rings. The molecule has 1 aliphatic carbocycles.